The van der Waals surface area contributed by atoms with Gasteiger partial charge in [-0.3, -0.25) is 0 Å². The van der Waals surface area contributed by atoms with E-state index in [4.69, 9.17) is 5.73 Å². The number of hydrogen-bond donors (Lipinski definition) is 1. The van der Waals surface area contributed by atoms with Crippen molar-refractivity contribution < 1.29 is 0 Å². The van der Waals surface area contributed by atoms with Crippen LogP contribution in [0.5, 0.6) is 0 Å². The fourth-order valence-corrected chi connectivity index (χ4v) is 4.09. The van der Waals surface area contributed by atoms with Gasteiger partial charge in [0.15, 0.2) is 5.13 Å². The van der Waals surface area contributed by atoms with Crippen molar-refractivity contribution in [3.8, 4) is 11.3 Å². The third-order valence-corrected chi connectivity index (χ3v) is 4.92. The van der Waals surface area contributed by atoms with Gasteiger partial charge in [0.25, 0.3) is 0 Å². The second kappa shape index (κ2) is 4.18. The van der Waals surface area contributed by atoms with Crippen molar-refractivity contribution in [3.05, 3.63) is 21.7 Å². The maximum atomic E-state index is 5.86. The highest BCUT2D eigenvalue weighted by Gasteiger charge is 2.24. The minimum Gasteiger partial charge on any atom is -0.375 e. The molecule has 84 valence electrons. The predicted octanol–water partition coefficient (Wildman–Crippen LogP) is 4.11. The number of rotatable bonds is 2. The van der Waals surface area contributed by atoms with Crippen molar-refractivity contribution in [1.29, 1.82) is 0 Å². The zero-order valence-corrected chi connectivity index (χ0v) is 10.6. The van der Waals surface area contributed by atoms with E-state index in [1.807, 2.05) is 0 Å². The van der Waals surface area contributed by atoms with Crippen LogP contribution < -0.4 is 5.73 Å². The van der Waals surface area contributed by atoms with E-state index in [9.17, 15) is 0 Å². The quantitative estimate of drug-likeness (QED) is 0.871. The Morgan fingerprint density at radius 3 is 2.81 bits per heavy atom. The summed E-state index contributed by atoms with van der Waals surface area (Å²) in [4.78, 5) is 5.91. The zero-order valence-electron chi connectivity index (χ0n) is 8.98. The molecule has 2 aromatic rings. The Labute approximate surface area is 103 Å². The molecule has 16 heavy (non-hydrogen) atoms. The van der Waals surface area contributed by atoms with Crippen molar-refractivity contribution in [1.82, 2.24) is 4.98 Å². The first-order chi connectivity index (χ1) is 7.84. The topological polar surface area (TPSA) is 38.9 Å². The summed E-state index contributed by atoms with van der Waals surface area (Å²) in [7, 11) is 0. The molecule has 0 radical (unpaired) electrons. The molecule has 2 heterocycles. The molecule has 1 aliphatic rings. The van der Waals surface area contributed by atoms with Crippen LogP contribution in [0, 0.1) is 0 Å². The van der Waals surface area contributed by atoms with E-state index in [2.05, 4.69) is 21.8 Å². The molecule has 0 spiro atoms. The van der Waals surface area contributed by atoms with Crippen LogP contribution in [0.25, 0.3) is 11.3 Å². The van der Waals surface area contributed by atoms with E-state index >= 15 is 0 Å². The van der Waals surface area contributed by atoms with Gasteiger partial charge in [0.2, 0.25) is 0 Å². The van der Waals surface area contributed by atoms with Crippen LogP contribution in [0.3, 0.4) is 0 Å². The molecular formula is C12H14N2S2. The van der Waals surface area contributed by atoms with Crippen LogP contribution in [0.15, 0.2) is 16.8 Å². The van der Waals surface area contributed by atoms with Gasteiger partial charge in [0, 0.05) is 15.8 Å². The van der Waals surface area contributed by atoms with Crippen molar-refractivity contribution in [2.75, 3.05) is 5.73 Å². The van der Waals surface area contributed by atoms with Crippen LogP contribution in [0.2, 0.25) is 0 Å². The average molecular weight is 250 g/mol. The Bertz CT molecular complexity index is 467. The number of aromatic nitrogens is 1. The first kappa shape index (κ1) is 10.3. The van der Waals surface area contributed by atoms with E-state index in [0.29, 0.717) is 11.0 Å². The van der Waals surface area contributed by atoms with Crippen LogP contribution >= 0.6 is 22.7 Å². The lowest BCUT2D eigenvalue weighted by molar-refractivity contribution is 0.738. The van der Waals surface area contributed by atoms with Gasteiger partial charge in [-0.2, -0.15) is 11.3 Å². The summed E-state index contributed by atoms with van der Waals surface area (Å²) in [6.45, 7) is 0. The summed E-state index contributed by atoms with van der Waals surface area (Å²) in [6.07, 6.45) is 5.31. The molecule has 1 fully saturated rings. The zero-order chi connectivity index (χ0) is 11.0. The van der Waals surface area contributed by atoms with Crippen molar-refractivity contribution >= 4 is 27.8 Å². The van der Waals surface area contributed by atoms with E-state index in [0.717, 1.165) is 5.69 Å². The molecule has 2 aromatic heterocycles. The summed E-state index contributed by atoms with van der Waals surface area (Å²) in [5.41, 5.74) is 8.23. The van der Waals surface area contributed by atoms with Crippen LogP contribution in [-0.4, -0.2) is 4.98 Å². The molecule has 2 nitrogen and oxygen atoms in total. The van der Waals surface area contributed by atoms with E-state index in [-0.39, 0.29) is 0 Å². The Balaban J connectivity index is 2.03. The third-order valence-electron chi connectivity index (χ3n) is 3.19. The molecule has 0 amide bonds. The largest absolute Gasteiger partial charge is 0.375 e. The molecule has 0 aromatic carbocycles. The lowest BCUT2D eigenvalue weighted by Gasteiger charge is -2.07. The number of thiazole rings is 1. The van der Waals surface area contributed by atoms with Crippen LogP contribution in [-0.2, 0) is 0 Å². The minimum atomic E-state index is 0.699. The van der Waals surface area contributed by atoms with Gasteiger partial charge in [-0.05, 0) is 30.2 Å². The standard InChI is InChI=1S/C12H14N2S2/c13-12-14-10(9-5-6-15-7-9)11(16-12)8-3-1-2-4-8/h5-8H,1-4H2,(H2,13,14). The Morgan fingerprint density at radius 2 is 2.12 bits per heavy atom. The van der Waals surface area contributed by atoms with Gasteiger partial charge in [-0.25, -0.2) is 4.98 Å². The maximum absolute atomic E-state index is 5.86. The molecule has 0 atom stereocenters. The van der Waals surface area contributed by atoms with Gasteiger partial charge >= 0.3 is 0 Å². The monoisotopic (exact) mass is 250 g/mol. The predicted molar refractivity (Wildman–Crippen MR) is 71.0 cm³/mol. The first-order valence-electron chi connectivity index (χ1n) is 5.63. The lowest BCUT2D eigenvalue weighted by Crippen LogP contribution is -1.91. The number of thiophene rings is 1. The molecule has 3 rings (SSSR count). The van der Waals surface area contributed by atoms with E-state index < -0.39 is 0 Å². The molecule has 0 aliphatic heterocycles. The molecule has 4 heteroatoms. The van der Waals surface area contributed by atoms with Gasteiger partial charge < -0.3 is 5.73 Å². The normalized spacial score (nSPS) is 17.0. The molecule has 0 bridgehead atoms. The molecular weight excluding hydrogens is 236 g/mol. The highest BCUT2D eigenvalue weighted by molar-refractivity contribution is 7.16. The maximum Gasteiger partial charge on any atom is 0.180 e. The highest BCUT2D eigenvalue weighted by Crippen LogP contribution is 2.43. The number of nitrogen functional groups attached to an aromatic ring is 1. The summed E-state index contributed by atoms with van der Waals surface area (Å²) in [5, 5.41) is 4.97. The van der Waals surface area contributed by atoms with Crippen molar-refractivity contribution in [2.45, 2.75) is 31.6 Å². The minimum absolute atomic E-state index is 0.699. The molecule has 0 unspecified atom stereocenters. The number of hydrogen-bond acceptors (Lipinski definition) is 4. The smallest absolute Gasteiger partial charge is 0.180 e. The van der Waals surface area contributed by atoms with Crippen molar-refractivity contribution in [3.63, 3.8) is 0 Å². The van der Waals surface area contributed by atoms with Gasteiger partial charge in [-0.15, -0.1) is 11.3 Å². The highest BCUT2D eigenvalue weighted by atomic mass is 32.1. The fourth-order valence-electron chi connectivity index (χ4n) is 2.42. The number of nitrogens with two attached hydrogens (primary N) is 1. The fraction of sp³-hybridized carbons (Fsp3) is 0.417. The lowest BCUT2D eigenvalue weighted by atomic mass is 10.0. The second-order valence-corrected chi connectivity index (χ2v) is 6.10. The number of nitrogens with zero attached hydrogens (tertiary/aromatic N) is 1. The first-order valence-corrected chi connectivity index (χ1v) is 7.39. The van der Waals surface area contributed by atoms with Gasteiger partial charge in [0.05, 0.1) is 5.69 Å². The Kier molecular flexibility index (Phi) is 2.69. The summed E-state index contributed by atoms with van der Waals surface area (Å²) < 4.78 is 0. The van der Waals surface area contributed by atoms with Gasteiger partial charge in [0.1, 0.15) is 0 Å². The van der Waals surface area contributed by atoms with E-state index in [1.165, 1.54) is 36.1 Å². The molecule has 2 N–H and O–H groups in total. The van der Waals surface area contributed by atoms with E-state index in [1.54, 1.807) is 22.7 Å². The summed E-state index contributed by atoms with van der Waals surface area (Å²) >= 11 is 3.40. The van der Waals surface area contributed by atoms with Crippen LogP contribution in [0.4, 0.5) is 5.13 Å². The molecule has 0 saturated heterocycles. The molecule has 1 aliphatic carbocycles. The average Bonchev–Trinajstić information content (AvgIpc) is 2.98. The Morgan fingerprint density at radius 1 is 1.31 bits per heavy atom. The number of anilines is 1. The van der Waals surface area contributed by atoms with Crippen molar-refractivity contribution in [2.24, 2.45) is 0 Å². The SMILES string of the molecule is Nc1nc(-c2ccsc2)c(C2CCCC2)s1. The summed E-state index contributed by atoms with van der Waals surface area (Å²) in [6, 6.07) is 2.14. The Hall–Kier alpha value is -0.870. The van der Waals surface area contributed by atoms with Crippen LogP contribution in [0.1, 0.15) is 36.5 Å². The molecule has 1 saturated carbocycles. The van der Waals surface area contributed by atoms with Gasteiger partial charge in [-0.1, -0.05) is 12.8 Å². The third kappa shape index (κ3) is 1.76. The second-order valence-electron chi connectivity index (χ2n) is 4.26. The summed E-state index contributed by atoms with van der Waals surface area (Å²) in [5.74, 6) is 0.699.